The molecule has 0 radical (unpaired) electrons. The van der Waals surface area contributed by atoms with E-state index in [-0.39, 0.29) is 10.6 Å². The van der Waals surface area contributed by atoms with E-state index in [1.807, 2.05) is 31.3 Å². The number of benzene rings is 2. The summed E-state index contributed by atoms with van der Waals surface area (Å²) in [4.78, 5) is 16.0. The van der Waals surface area contributed by atoms with Crippen molar-refractivity contribution in [2.24, 2.45) is 0 Å². The Morgan fingerprint density at radius 1 is 1.15 bits per heavy atom. The van der Waals surface area contributed by atoms with Crippen LogP contribution in [0.3, 0.4) is 0 Å². The van der Waals surface area contributed by atoms with E-state index in [0.717, 1.165) is 50.4 Å². The molecule has 6 nitrogen and oxygen atoms in total. The van der Waals surface area contributed by atoms with Gasteiger partial charge in [-0.15, -0.1) is 11.8 Å². The molecule has 0 saturated heterocycles. The summed E-state index contributed by atoms with van der Waals surface area (Å²) in [5, 5.41) is 17.8. The number of nitro groups is 1. The molecule has 0 aliphatic rings. The molecule has 0 aliphatic heterocycles. The minimum atomic E-state index is -0.348. The van der Waals surface area contributed by atoms with E-state index in [9.17, 15) is 10.1 Å². The van der Waals surface area contributed by atoms with Crippen molar-refractivity contribution in [1.82, 2.24) is 14.8 Å². The monoisotopic (exact) mass is 532 g/mol. The lowest BCUT2D eigenvalue weighted by molar-refractivity contribution is -0.385. The van der Waals surface area contributed by atoms with Crippen LogP contribution in [0.5, 0.6) is 0 Å². The highest BCUT2D eigenvalue weighted by molar-refractivity contribution is 8.01. The third-order valence-electron chi connectivity index (χ3n) is 5.27. The lowest BCUT2D eigenvalue weighted by atomic mass is 10.0. The maximum absolute atomic E-state index is 11.4. The molecule has 0 N–H and O–H groups in total. The van der Waals surface area contributed by atoms with Crippen LogP contribution in [-0.2, 0) is 6.42 Å². The van der Waals surface area contributed by atoms with Crippen LogP contribution < -0.4 is 0 Å². The molecule has 0 aliphatic carbocycles. The average Bonchev–Trinajstić information content (AvgIpc) is 3.40. The zero-order chi connectivity index (χ0) is 24.2. The fourth-order valence-electron chi connectivity index (χ4n) is 3.44. The van der Waals surface area contributed by atoms with E-state index in [1.54, 1.807) is 46.0 Å². The minimum absolute atomic E-state index is 0.111. The molecule has 0 atom stereocenters. The Labute approximate surface area is 216 Å². The number of unbranched alkanes of at least 4 members (excludes halogenated alkanes) is 1. The molecule has 2 aromatic carbocycles. The molecule has 0 bridgehead atoms. The summed E-state index contributed by atoms with van der Waals surface area (Å²) in [6, 6.07) is 12.3. The van der Waals surface area contributed by atoms with Crippen LogP contribution in [0.4, 0.5) is 5.69 Å². The second-order valence-corrected chi connectivity index (χ2v) is 10.9. The molecule has 34 heavy (non-hydrogen) atoms. The number of aromatic nitrogens is 3. The molecule has 10 heteroatoms. The molecular formula is C24H22Cl2N4O2S2. The number of hydrogen-bond acceptors (Lipinski definition) is 6. The predicted molar refractivity (Wildman–Crippen MR) is 141 cm³/mol. The zero-order valence-electron chi connectivity index (χ0n) is 18.6. The van der Waals surface area contributed by atoms with E-state index in [1.165, 1.54) is 6.07 Å². The first-order valence-electron chi connectivity index (χ1n) is 10.7. The minimum Gasteiger partial charge on any atom is -0.258 e. The molecule has 4 rings (SSSR count). The van der Waals surface area contributed by atoms with E-state index in [4.69, 9.17) is 28.2 Å². The van der Waals surface area contributed by atoms with Crippen LogP contribution in [0, 0.1) is 17.0 Å². The van der Waals surface area contributed by atoms with Crippen LogP contribution in [0.15, 0.2) is 52.9 Å². The third-order valence-corrected chi connectivity index (χ3v) is 8.41. The van der Waals surface area contributed by atoms with Crippen molar-refractivity contribution >= 4 is 52.0 Å². The standard InChI is InChI=1S/C24H22Cl2N4O2S2/c1-3-4-11-33-23-22(17-9-10-19(25)20(26)13-17)27-24(34-23)29-14-18(15(2)28-29)12-16-7-5-6-8-21(16)30(31)32/h5-10,13-14H,3-4,11-12H2,1-2H3. The summed E-state index contributed by atoms with van der Waals surface area (Å²) < 4.78 is 2.85. The number of para-hydroxylation sites is 1. The lowest BCUT2D eigenvalue weighted by Crippen LogP contribution is -1.96. The Hall–Kier alpha value is -2.39. The van der Waals surface area contributed by atoms with Gasteiger partial charge in [0.25, 0.3) is 5.69 Å². The van der Waals surface area contributed by atoms with Gasteiger partial charge in [0.1, 0.15) is 0 Å². The van der Waals surface area contributed by atoms with Crippen LogP contribution in [0.1, 0.15) is 36.6 Å². The first-order valence-corrected chi connectivity index (χ1v) is 13.3. The number of thioether (sulfide) groups is 1. The van der Waals surface area contributed by atoms with Gasteiger partial charge in [-0.05, 0) is 36.8 Å². The van der Waals surface area contributed by atoms with Crippen molar-refractivity contribution in [2.75, 3.05) is 5.75 Å². The van der Waals surface area contributed by atoms with Gasteiger partial charge in [-0.25, -0.2) is 9.67 Å². The topological polar surface area (TPSA) is 73.8 Å². The third kappa shape index (κ3) is 5.46. The van der Waals surface area contributed by atoms with Crippen molar-refractivity contribution in [3.05, 3.63) is 85.6 Å². The lowest BCUT2D eigenvalue weighted by Gasteiger charge is -2.03. The summed E-state index contributed by atoms with van der Waals surface area (Å²) >= 11 is 15.7. The summed E-state index contributed by atoms with van der Waals surface area (Å²) in [6.45, 7) is 4.08. The Morgan fingerprint density at radius 2 is 1.94 bits per heavy atom. The van der Waals surface area contributed by atoms with Crippen LogP contribution in [-0.4, -0.2) is 25.4 Å². The largest absolute Gasteiger partial charge is 0.272 e. The molecule has 0 amide bonds. The SMILES string of the molecule is CCCCSc1sc(-n2cc(Cc3ccccc3[N+](=O)[O-])c(C)n2)nc1-c1ccc(Cl)c(Cl)c1. The summed E-state index contributed by atoms with van der Waals surface area (Å²) in [5.41, 5.74) is 4.25. The predicted octanol–water partition coefficient (Wildman–Crippen LogP) is 8.00. The number of thiazole rings is 1. The molecule has 0 unspecified atom stereocenters. The smallest absolute Gasteiger partial charge is 0.258 e. The van der Waals surface area contributed by atoms with Gasteiger partial charge in [-0.1, -0.05) is 72.1 Å². The second kappa shape index (κ2) is 10.9. The van der Waals surface area contributed by atoms with Gasteiger partial charge in [0.15, 0.2) is 0 Å². The van der Waals surface area contributed by atoms with Crippen LogP contribution in [0.2, 0.25) is 10.0 Å². The fourth-order valence-corrected chi connectivity index (χ4v) is 6.11. The van der Waals surface area contributed by atoms with Gasteiger partial charge in [-0.3, -0.25) is 10.1 Å². The van der Waals surface area contributed by atoms with E-state index in [2.05, 4.69) is 12.0 Å². The highest BCUT2D eigenvalue weighted by Crippen LogP contribution is 2.40. The van der Waals surface area contributed by atoms with Crippen molar-refractivity contribution in [1.29, 1.82) is 0 Å². The molecule has 2 heterocycles. The maximum Gasteiger partial charge on any atom is 0.272 e. The quantitative estimate of drug-likeness (QED) is 0.0943. The van der Waals surface area contributed by atoms with Gasteiger partial charge >= 0.3 is 0 Å². The van der Waals surface area contributed by atoms with Crippen molar-refractivity contribution in [3.63, 3.8) is 0 Å². The Kier molecular flexibility index (Phi) is 7.93. The van der Waals surface area contributed by atoms with Gasteiger partial charge in [0, 0.05) is 29.8 Å². The fraction of sp³-hybridized carbons (Fsp3) is 0.250. The van der Waals surface area contributed by atoms with Crippen molar-refractivity contribution in [3.8, 4) is 16.4 Å². The molecule has 0 saturated carbocycles. The van der Waals surface area contributed by atoms with Gasteiger partial charge < -0.3 is 0 Å². The Morgan fingerprint density at radius 3 is 2.68 bits per heavy atom. The van der Waals surface area contributed by atoms with E-state index in [0.29, 0.717) is 22.0 Å². The zero-order valence-corrected chi connectivity index (χ0v) is 21.8. The van der Waals surface area contributed by atoms with Crippen LogP contribution >= 0.6 is 46.3 Å². The summed E-state index contributed by atoms with van der Waals surface area (Å²) in [5.74, 6) is 0.994. The van der Waals surface area contributed by atoms with Gasteiger partial charge in [0.05, 0.1) is 30.6 Å². The molecule has 4 aromatic rings. The number of halogens is 2. The van der Waals surface area contributed by atoms with Crippen LogP contribution in [0.25, 0.3) is 16.4 Å². The number of nitrogens with zero attached hydrogens (tertiary/aromatic N) is 4. The van der Waals surface area contributed by atoms with E-state index >= 15 is 0 Å². The molecule has 176 valence electrons. The number of rotatable bonds is 9. The van der Waals surface area contributed by atoms with Gasteiger partial charge in [0.2, 0.25) is 5.13 Å². The normalized spacial score (nSPS) is 11.2. The summed E-state index contributed by atoms with van der Waals surface area (Å²) in [7, 11) is 0. The number of hydrogen-bond donors (Lipinski definition) is 0. The number of aryl methyl sites for hydroxylation is 1. The van der Waals surface area contributed by atoms with E-state index < -0.39 is 0 Å². The molecule has 0 spiro atoms. The highest BCUT2D eigenvalue weighted by Gasteiger charge is 2.19. The second-order valence-electron chi connectivity index (χ2n) is 7.71. The van der Waals surface area contributed by atoms with Crippen molar-refractivity contribution in [2.45, 2.75) is 37.3 Å². The molecular weight excluding hydrogens is 511 g/mol. The number of nitro benzene ring substituents is 1. The Balaban J connectivity index is 1.69. The highest BCUT2D eigenvalue weighted by atomic mass is 35.5. The Bertz CT molecular complexity index is 1340. The first-order chi connectivity index (χ1) is 16.4. The summed E-state index contributed by atoms with van der Waals surface area (Å²) in [6.07, 6.45) is 4.56. The molecule has 2 aromatic heterocycles. The maximum atomic E-state index is 11.4. The first kappa shape index (κ1) is 24.7. The molecule has 0 fully saturated rings. The van der Waals surface area contributed by atoms with Crippen molar-refractivity contribution < 1.29 is 4.92 Å². The van der Waals surface area contributed by atoms with Gasteiger partial charge in [-0.2, -0.15) is 5.10 Å². The average molecular weight is 534 g/mol.